The minimum absolute atomic E-state index is 0.0167. The first-order chi connectivity index (χ1) is 8.32. The van der Waals surface area contributed by atoms with Crippen molar-refractivity contribution in [3.8, 4) is 0 Å². The van der Waals surface area contributed by atoms with Gasteiger partial charge in [0.15, 0.2) is 0 Å². The Morgan fingerprint density at radius 3 is 2.33 bits per heavy atom. The molecule has 3 N–H and O–H groups in total. The molecule has 0 aromatic carbocycles. The van der Waals surface area contributed by atoms with Gasteiger partial charge in [-0.1, -0.05) is 12.2 Å². The van der Waals surface area contributed by atoms with Gasteiger partial charge in [-0.3, -0.25) is 0 Å². The third-order valence-corrected chi connectivity index (χ3v) is 2.11. The third kappa shape index (κ3) is 8.08. The predicted octanol–water partition coefficient (Wildman–Crippen LogP) is 1.45. The van der Waals surface area contributed by atoms with Crippen molar-refractivity contribution in [3.63, 3.8) is 0 Å². The van der Waals surface area contributed by atoms with Crippen molar-refractivity contribution in [2.24, 2.45) is 5.92 Å². The average Bonchev–Trinajstić information content (AvgIpc) is 2.63. The van der Waals surface area contributed by atoms with Crippen molar-refractivity contribution >= 4 is 6.09 Å². The zero-order valence-electron chi connectivity index (χ0n) is 11.6. The molecule has 0 spiro atoms. The van der Waals surface area contributed by atoms with Crippen LogP contribution in [0.1, 0.15) is 34.1 Å². The molecule has 1 rings (SSSR count). The van der Waals surface area contributed by atoms with Crippen molar-refractivity contribution in [1.29, 1.82) is 0 Å². The van der Waals surface area contributed by atoms with Crippen molar-refractivity contribution in [2.45, 2.75) is 45.8 Å². The fraction of sp³-hybridized carbons (Fsp3) is 0.769. The second-order valence-electron chi connectivity index (χ2n) is 5.13. The van der Waals surface area contributed by atoms with Crippen molar-refractivity contribution in [2.75, 3.05) is 13.2 Å². The Morgan fingerprint density at radius 1 is 1.39 bits per heavy atom. The van der Waals surface area contributed by atoms with Crippen LogP contribution in [0.4, 0.5) is 4.79 Å². The van der Waals surface area contributed by atoms with Crippen LogP contribution in [0.2, 0.25) is 0 Å². The fourth-order valence-electron chi connectivity index (χ4n) is 1.48. The van der Waals surface area contributed by atoms with Crippen LogP contribution in [-0.2, 0) is 4.74 Å². The smallest absolute Gasteiger partial charge is 0.408 e. The van der Waals surface area contributed by atoms with Gasteiger partial charge in [-0.15, -0.1) is 0 Å². The molecule has 1 aliphatic carbocycles. The normalized spacial score (nSPS) is 22.1. The summed E-state index contributed by atoms with van der Waals surface area (Å²) in [4.78, 5) is 11.4. The average molecular weight is 259 g/mol. The van der Waals surface area contributed by atoms with E-state index >= 15 is 0 Å². The van der Waals surface area contributed by atoms with E-state index in [1.54, 1.807) is 6.92 Å². The van der Waals surface area contributed by atoms with Crippen LogP contribution in [0.15, 0.2) is 12.2 Å². The van der Waals surface area contributed by atoms with Gasteiger partial charge in [0.1, 0.15) is 5.60 Å². The molecule has 2 atom stereocenters. The van der Waals surface area contributed by atoms with E-state index in [-0.39, 0.29) is 25.2 Å². The SMILES string of the molecule is CC(C)(C)OC(=O)NC1C=CC(CO)C1.CCO. The Labute approximate surface area is 109 Å². The zero-order chi connectivity index (χ0) is 14.2. The molecule has 2 unspecified atom stereocenters. The van der Waals surface area contributed by atoms with Gasteiger partial charge in [0.25, 0.3) is 0 Å². The first-order valence-corrected chi connectivity index (χ1v) is 6.22. The number of carbonyl (C=O) groups is 1. The largest absolute Gasteiger partial charge is 0.444 e. The number of ether oxygens (including phenoxy) is 1. The Balaban J connectivity index is 0.000000873. The van der Waals surface area contributed by atoms with Crippen molar-refractivity contribution in [3.05, 3.63) is 12.2 Å². The molecule has 0 heterocycles. The van der Waals surface area contributed by atoms with E-state index in [1.807, 2.05) is 32.9 Å². The van der Waals surface area contributed by atoms with Gasteiger partial charge in [0.05, 0.1) is 6.04 Å². The highest BCUT2D eigenvalue weighted by Crippen LogP contribution is 2.17. The summed E-state index contributed by atoms with van der Waals surface area (Å²) in [5, 5.41) is 19.2. The number of rotatable bonds is 2. The summed E-state index contributed by atoms with van der Waals surface area (Å²) >= 11 is 0. The lowest BCUT2D eigenvalue weighted by Gasteiger charge is -2.21. The second-order valence-corrected chi connectivity index (χ2v) is 5.13. The molecule has 5 nitrogen and oxygen atoms in total. The number of hydrogen-bond donors (Lipinski definition) is 3. The van der Waals surface area contributed by atoms with Gasteiger partial charge < -0.3 is 20.3 Å². The van der Waals surface area contributed by atoms with Crippen LogP contribution in [0.25, 0.3) is 0 Å². The van der Waals surface area contributed by atoms with E-state index in [1.165, 1.54) is 0 Å². The molecule has 0 saturated carbocycles. The fourth-order valence-corrected chi connectivity index (χ4v) is 1.48. The summed E-state index contributed by atoms with van der Waals surface area (Å²) in [6.45, 7) is 7.54. The molecule has 0 aliphatic heterocycles. The quantitative estimate of drug-likeness (QED) is 0.656. The number of aliphatic hydroxyl groups is 2. The van der Waals surface area contributed by atoms with Crippen LogP contribution < -0.4 is 5.32 Å². The molecule has 5 heteroatoms. The van der Waals surface area contributed by atoms with E-state index in [2.05, 4.69) is 5.32 Å². The van der Waals surface area contributed by atoms with Gasteiger partial charge in [0, 0.05) is 19.1 Å². The number of aliphatic hydroxyl groups excluding tert-OH is 2. The van der Waals surface area contributed by atoms with Crippen LogP contribution in [-0.4, -0.2) is 41.2 Å². The first-order valence-electron chi connectivity index (χ1n) is 6.22. The Bertz CT molecular complexity index is 271. The highest BCUT2D eigenvalue weighted by atomic mass is 16.6. The maximum absolute atomic E-state index is 11.4. The van der Waals surface area contributed by atoms with Gasteiger partial charge in [0.2, 0.25) is 0 Å². The highest BCUT2D eigenvalue weighted by Gasteiger charge is 2.22. The van der Waals surface area contributed by atoms with Crippen molar-refractivity contribution < 1.29 is 19.7 Å². The standard InChI is InChI=1S/C11H19NO3.C2H6O/c1-11(2,3)15-10(14)12-9-5-4-8(6-9)7-13;1-2-3/h4-5,8-9,13H,6-7H2,1-3H3,(H,12,14);3H,2H2,1H3. The maximum Gasteiger partial charge on any atom is 0.408 e. The minimum Gasteiger partial charge on any atom is -0.444 e. The molecule has 1 amide bonds. The van der Waals surface area contributed by atoms with Crippen LogP contribution in [0.5, 0.6) is 0 Å². The molecule has 0 aromatic rings. The molecule has 0 fully saturated rings. The van der Waals surface area contributed by atoms with Crippen LogP contribution in [0, 0.1) is 5.92 Å². The van der Waals surface area contributed by atoms with Gasteiger partial charge >= 0.3 is 6.09 Å². The van der Waals surface area contributed by atoms with Crippen molar-refractivity contribution in [1.82, 2.24) is 5.32 Å². The molecular weight excluding hydrogens is 234 g/mol. The van der Waals surface area contributed by atoms with E-state index in [4.69, 9.17) is 14.9 Å². The van der Waals surface area contributed by atoms with E-state index in [0.717, 1.165) is 6.42 Å². The number of nitrogens with one attached hydrogen (secondary N) is 1. The highest BCUT2D eigenvalue weighted by molar-refractivity contribution is 5.68. The lowest BCUT2D eigenvalue weighted by molar-refractivity contribution is 0.0511. The van der Waals surface area contributed by atoms with Gasteiger partial charge in [-0.05, 0) is 34.1 Å². The van der Waals surface area contributed by atoms with E-state index in [9.17, 15) is 4.79 Å². The second kappa shape index (κ2) is 8.11. The monoisotopic (exact) mass is 259 g/mol. The third-order valence-electron chi connectivity index (χ3n) is 2.11. The summed E-state index contributed by atoms with van der Waals surface area (Å²) in [7, 11) is 0. The van der Waals surface area contributed by atoms with Gasteiger partial charge in [-0.25, -0.2) is 4.79 Å². The molecule has 0 bridgehead atoms. The molecule has 0 aromatic heterocycles. The minimum atomic E-state index is -0.469. The molecule has 0 saturated heterocycles. The van der Waals surface area contributed by atoms with E-state index in [0.29, 0.717) is 0 Å². The Morgan fingerprint density at radius 2 is 1.94 bits per heavy atom. The summed E-state index contributed by atoms with van der Waals surface area (Å²) < 4.78 is 5.12. The van der Waals surface area contributed by atoms with Crippen LogP contribution in [0.3, 0.4) is 0 Å². The Hall–Kier alpha value is -1.07. The topological polar surface area (TPSA) is 78.8 Å². The summed E-state index contributed by atoms with van der Waals surface area (Å²) in [5.74, 6) is 0.157. The zero-order valence-corrected chi connectivity index (χ0v) is 11.6. The Kier molecular flexibility index (Phi) is 7.62. The molecule has 0 radical (unpaired) electrons. The summed E-state index contributed by atoms with van der Waals surface area (Å²) in [6, 6.07) is -0.0167. The summed E-state index contributed by atoms with van der Waals surface area (Å²) in [6.07, 6.45) is 4.15. The molecule has 106 valence electrons. The number of hydrogen-bond acceptors (Lipinski definition) is 4. The molecule has 18 heavy (non-hydrogen) atoms. The lowest BCUT2D eigenvalue weighted by Crippen LogP contribution is -2.37. The molecular formula is C13H25NO4. The molecule has 1 aliphatic rings. The first kappa shape index (κ1) is 16.9. The maximum atomic E-state index is 11.4. The summed E-state index contributed by atoms with van der Waals surface area (Å²) in [5.41, 5.74) is -0.469. The predicted molar refractivity (Wildman–Crippen MR) is 70.3 cm³/mol. The lowest BCUT2D eigenvalue weighted by atomic mass is 10.1. The van der Waals surface area contributed by atoms with Crippen LogP contribution >= 0.6 is 0 Å². The van der Waals surface area contributed by atoms with E-state index < -0.39 is 11.7 Å². The number of amides is 1. The van der Waals surface area contributed by atoms with Gasteiger partial charge in [-0.2, -0.15) is 0 Å². The number of carbonyl (C=O) groups excluding carboxylic acids is 1. The number of alkyl carbamates (subject to hydrolysis) is 1.